The summed E-state index contributed by atoms with van der Waals surface area (Å²) in [6.07, 6.45) is -0.916. The van der Waals surface area contributed by atoms with E-state index in [9.17, 15) is 18.3 Å². The highest BCUT2D eigenvalue weighted by Gasteiger charge is 2.34. The second kappa shape index (κ2) is 7.98. The maximum Gasteiger partial charge on any atom is 0.417 e. The maximum absolute atomic E-state index is 13.7. The zero-order valence-corrected chi connectivity index (χ0v) is 16.4. The van der Waals surface area contributed by atoms with E-state index in [1.54, 1.807) is 24.3 Å². The number of fused-ring (bicyclic) bond motifs is 1. The molecule has 0 bridgehead atoms. The molecule has 6 heteroatoms. The molecule has 0 amide bonds. The van der Waals surface area contributed by atoms with Crippen LogP contribution in [0.2, 0.25) is 0 Å². The first-order chi connectivity index (χ1) is 12.8. The summed E-state index contributed by atoms with van der Waals surface area (Å²) in [5.74, 6) is 0.105. The van der Waals surface area contributed by atoms with Gasteiger partial charge in [-0.15, -0.1) is 11.3 Å². The van der Waals surface area contributed by atoms with E-state index in [0.29, 0.717) is 21.4 Å². The molecule has 0 unspecified atom stereocenters. The zero-order valence-electron chi connectivity index (χ0n) is 14.8. The molecule has 3 rings (SSSR count). The lowest BCUT2D eigenvalue weighted by atomic mass is 9.96. The van der Waals surface area contributed by atoms with Crippen molar-refractivity contribution in [1.82, 2.24) is 0 Å². The first kappa shape index (κ1) is 19.8. The zero-order chi connectivity index (χ0) is 19.6. The summed E-state index contributed by atoms with van der Waals surface area (Å²) < 4.78 is 42.3. The Balaban J connectivity index is 2.12. The Kier molecular flexibility index (Phi) is 5.86. The number of phenolic OH excluding ortho intramolecular Hbond substituents is 1. The third-order valence-electron chi connectivity index (χ3n) is 4.47. The molecule has 27 heavy (non-hydrogen) atoms. The SMILES string of the molecule is CCCCCc1ccc(-c2cc3ccc(O)cc3sc2=S)c(C(F)(F)F)c1. The monoisotopic (exact) mass is 408 g/mol. The Bertz CT molecular complexity index is 1020. The minimum Gasteiger partial charge on any atom is -0.508 e. The number of phenols is 1. The van der Waals surface area contributed by atoms with Crippen molar-refractivity contribution in [2.45, 2.75) is 38.8 Å². The van der Waals surface area contributed by atoms with Gasteiger partial charge in [-0.25, -0.2) is 0 Å². The second-order valence-corrected chi connectivity index (χ2v) is 8.22. The number of hydrogen-bond acceptors (Lipinski definition) is 3. The van der Waals surface area contributed by atoms with Gasteiger partial charge in [-0.2, -0.15) is 13.2 Å². The Morgan fingerprint density at radius 2 is 1.78 bits per heavy atom. The lowest BCUT2D eigenvalue weighted by molar-refractivity contribution is -0.137. The molecule has 0 atom stereocenters. The van der Waals surface area contributed by atoms with Gasteiger partial charge in [-0.3, -0.25) is 0 Å². The largest absolute Gasteiger partial charge is 0.508 e. The summed E-state index contributed by atoms with van der Waals surface area (Å²) in [5.41, 5.74) is 0.561. The first-order valence-corrected chi connectivity index (χ1v) is 9.99. The Hall–Kier alpha value is -1.92. The lowest BCUT2D eigenvalue weighted by Crippen LogP contribution is -2.08. The molecular weight excluding hydrogens is 389 g/mol. The molecule has 3 aromatic rings. The van der Waals surface area contributed by atoms with Gasteiger partial charge in [0.15, 0.2) is 0 Å². The molecule has 2 aromatic carbocycles. The van der Waals surface area contributed by atoms with Crippen LogP contribution < -0.4 is 0 Å². The van der Waals surface area contributed by atoms with Crippen molar-refractivity contribution in [3.63, 3.8) is 0 Å². The predicted octanol–water partition coefficient (Wildman–Crippen LogP) is 7.75. The Morgan fingerprint density at radius 1 is 1.00 bits per heavy atom. The number of unbranched alkanes of at least 4 members (excludes halogenated alkanes) is 2. The lowest BCUT2D eigenvalue weighted by Gasteiger charge is -2.15. The number of hydrogen-bond donors (Lipinski definition) is 1. The van der Waals surface area contributed by atoms with Gasteiger partial charge in [-0.1, -0.05) is 44.1 Å². The molecular formula is C21H19F3OS2. The van der Waals surface area contributed by atoms with E-state index in [-0.39, 0.29) is 11.3 Å². The topological polar surface area (TPSA) is 20.2 Å². The van der Waals surface area contributed by atoms with E-state index >= 15 is 0 Å². The van der Waals surface area contributed by atoms with Crippen LogP contribution in [0.4, 0.5) is 13.2 Å². The number of benzene rings is 2. The molecule has 142 valence electrons. The van der Waals surface area contributed by atoms with E-state index in [1.807, 2.05) is 0 Å². The number of rotatable bonds is 5. The van der Waals surface area contributed by atoms with Crippen LogP contribution in [0.25, 0.3) is 21.2 Å². The molecule has 1 N–H and O–H groups in total. The highest BCUT2D eigenvalue weighted by atomic mass is 32.1. The van der Waals surface area contributed by atoms with Crippen molar-refractivity contribution in [2.75, 3.05) is 0 Å². The van der Waals surface area contributed by atoms with Crippen LogP contribution in [0, 0.1) is 3.82 Å². The fourth-order valence-electron chi connectivity index (χ4n) is 3.08. The standard InChI is InChI=1S/C21H19F3OS2/c1-2-3-4-5-13-6-9-16(18(10-13)21(22,23)24)17-11-14-7-8-15(25)12-19(14)27-20(17)26/h6-12,25H,2-5H2,1H3. The smallest absolute Gasteiger partial charge is 0.417 e. The van der Waals surface area contributed by atoms with Crippen LogP contribution in [0.15, 0.2) is 42.5 Å². The van der Waals surface area contributed by atoms with Gasteiger partial charge in [-0.05, 0) is 59.7 Å². The van der Waals surface area contributed by atoms with Gasteiger partial charge in [0.1, 0.15) is 5.75 Å². The quantitative estimate of drug-likeness (QED) is 0.344. The summed E-state index contributed by atoms with van der Waals surface area (Å²) in [6.45, 7) is 2.07. The number of aromatic hydroxyl groups is 1. The van der Waals surface area contributed by atoms with Crippen molar-refractivity contribution >= 4 is 33.6 Å². The van der Waals surface area contributed by atoms with Crippen molar-refractivity contribution < 1.29 is 18.3 Å². The average Bonchev–Trinajstić information content (AvgIpc) is 2.60. The fraction of sp³-hybridized carbons (Fsp3) is 0.286. The molecule has 0 spiro atoms. The van der Waals surface area contributed by atoms with E-state index in [4.69, 9.17) is 12.2 Å². The summed E-state index contributed by atoms with van der Waals surface area (Å²) in [4.78, 5) is 0. The molecule has 1 aromatic heterocycles. The van der Waals surface area contributed by atoms with Gasteiger partial charge in [0, 0.05) is 10.3 Å². The van der Waals surface area contributed by atoms with Gasteiger partial charge < -0.3 is 5.11 Å². The maximum atomic E-state index is 13.7. The number of alkyl halides is 3. The molecule has 0 saturated carbocycles. The molecule has 0 aliphatic carbocycles. The van der Waals surface area contributed by atoms with Crippen molar-refractivity contribution in [3.8, 4) is 16.9 Å². The Labute approximate surface area is 165 Å². The van der Waals surface area contributed by atoms with Crippen LogP contribution in [-0.4, -0.2) is 5.11 Å². The van der Waals surface area contributed by atoms with E-state index in [2.05, 4.69) is 6.92 Å². The van der Waals surface area contributed by atoms with Gasteiger partial charge in [0.25, 0.3) is 0 Å². The summed E-state index contributed by atoms with van der Waals surface area (Å²) in [6, 6.07) is 11.0. The summed E-state index contributed by atoms with van der Waals surface area (Å²) in [5, 5.41) is 10.4. The van der Waals surface area contributed by atoms with Crippen LogP contribution in [-0.2, 0) is 12.6 Å². The fourth-order valence-corrected chi connectivity index (χ4v) is 4.42. The predicted molar refractivity (Wildman–Crippen MR) is 108 cm³/mol. The molecule has 0 saturated heterocycles. The third-order valence-corrected chi connectivity index (χ3v) is 5.92. The van der Waals surface area contributed by atoms with Gasteiger partial charge in [0.05, 0.1) is 9.39 Å². The van der Waals surface area contributed by atoms with Crippen LogP contribution in [0.5, 0.6) is 5.75 Å². The van der Waals surface area contributed by atoms with E-state index < -0.39 is 11.7 Å². The van der Waals surface area contributed by atoms with Gasteiger partial charge >= 0.3 is 6.18 Å². The molecule has 0 radical (unpaired) electrons. The van der Waals surface area contributed by atoms with Gasteiger partial charge in [0.2, 0.25) is 0 Å². The second-order valence-electron chi connectivity index (χ2n) is 6.50. The normalized spacial score (nSPS) is 11.9. The van der Waals surface area contributed by atoms with Crippen molar-refractivity contribution in [3.05, 3.63) is 57.4 Å². The first-order valence-electron chi connectivity index (χ1n) is 8.77. The minimum absolute atomic E-state index is 0.105. The average molecular weight is 409 g/mol. The number of halogens is 3. The van der Waals surface area contributed by atoms with Crippen LogP contribution in [0.3, 0.4) is 0 Å². The molecule has 0 fully saturated rings. The highest BCUT2D eigenvalue weighted by molar-refractivity contribution is 7.74. The number of aryl methyl sites for hydroxylation is 1. The minimum atomic E-state index is -4.45. The summed E-state index contributed by atoms with van der Waals surface area (Å²) >= 11 is 6.58. The molecule has 1 nitrogen and oxygen atoms in total. The van der Waals surface area contributed by atoms with Crippen LogP contribution in [0.1, 0.15) is 37.3 Å². The Morgan fingerprint density at radius 3 is 2.48 bits per heavy atom. The highest BCUT2D eigenvalue weighted by Crippen LogP contribution is 2.40. The molecule has 0 aliphatic heterocycles. The van der Waals surface area contributed by atoms with Crippen molar-refractivity contribution in [2.24, 2.45) is 0 Å². The van der Waals surface area contributed by atoms with E-state index in [0.717, 1.165) is 29.3 Å². The van der Waals surface area contributed by atoms with Crippen LogP contribution >= 0.6 is 23.6 Å². The summed E-state index contributed by atoms with van der Waals surface area (Å²) in [7, 11) is 0. The molecule has 0 aliphatic rings. The van der Waals surface area contributed by atoms with E-state index in [1.165, 1.54) is 29.5 Å². The molecule has 1 heterocycles. The van der Waals surface area contributed by atoms with Crippen molar-refractivity contribution in [1.29, 1.82) is 0 Å². The third kappa shape index (κ3) is 4.50.